The first-order valence-electron chi connectivity index (χ1n) is 5.83. The molecule has 0 spiro atoms. The Morgan fingerprint density at radius 2 is 1.57 bits per heavy atom. The molecule has 102 valence electrons. The van der Waals surface area contributed by atoms with Crippen molar-refractivity contribution in [3.05, 3.63) is 52.9 Å². The van der Waals surface area contributed by atoms with E-state index in [-0.39, 0.29) is 63.3 Å². The molecule has 0 atom stereocenters. The molecule has 5 nitrogen and oxygen atoms in total. The van der Waals surface area contributed by atoms with Crippen LogP contribution in [0.1, 0.15) is 0 Å². The van der Waals surface area contributed by atoms with Crippen LogP contribution in [-0.4, -0.2) is 44.9 Å². The van der Waals surface area contributed by atoms with Crippen molar-refractivity contribution in [1.82, 2.24) is 0 Å². The summed E-state index contributed by atoms with van der Waals surface area (Å²) in [5.74, 6) is -0.434. The van der Waals surface area contributed by atoms with Gasteiger partial charge in [-0.2, -0.15) is 0 Å². The molecule has 0 unspecified atom stereocenters. The molecule has 21 heavy (non-hydrogen) atoms. The Bertz CT molecular complexity index is 852. The standard InChI is InChI=1S/C15H10O5.Na.H/c16-9-3-1-8(2-4-9)11-7-20-13-6-10(17)5-12(18)14(13)15(11)19;;/h1-7,16-18H;;. The van der Waals surface area contributed by atoms with Gasteiger partial charge in [0.1, 0.15) is 34.5 Å². The molecule has 0 aliphatic rings. The fourth-order valence-corrected chi connectivity index (χ4v) is 2.06. The van der Waals surface area contributed by atoms with E-state index in [1.54, 1.807) is 12.1 Å². The van der Waals surface area contributed by atoms with Crippen LogP contribution < -0.4 is 5.43 Å². The van der Waals surface area contributed by atoms with Gasteiger partial charge in [-0.1, -0.05) is 12.1 Å². The predicted octanol–water partition coefficient (Wildman–Crippen LogP) is 1.93. The summed E-state index contributed by atoms with van der Waals surface area (Å²) in [5, 5.41) is 28.4. The second kappa shape index (κ2) is 5.81. The van der Waals surface area contributed by atoms with Gasteiger partial charge in [0.25, 0.3) is 0 Å². The molecule has 0 aliphatic carbocycles. The van der Waals surface area contributed by atoms with Crippen LogP contribution in [0.2, 0.25) is 0 Å². The van der Waals surface area contributed by atoms with Crippen LogP contribution in [0.3, 0.4) is 0 Å². The summed E-state index contributed by atoms with van der Waals surface area (Å²) in [5.41, 5.74) is 0.522. The normalized spacial score (nSPS) is 10.3. The Balaban J connectivity index is 0.00000161. The number of hydrogen-bond acceptors (Lipinski definition) is 5. The van der Waals surface area contributed by atoms with Gasteiger partial charge in [0.15, 0.2) is 0 Å². The maximum atomic E-state index is 12.4. The zero-order chi connectivity index (χ0) is 14.3. The molecule has 2 aromatic carbocycles. The van der Waals surface area contributed by atoms with E-state index in [0.29, 0.717) is 5.56 Å². The van der Waals surface area contributed by atoms with E-state index in [1.165, 1.54) is 24.5 Å². The summed E-state index contributed by atoms with van der Waals surface area (Å²) in [7, 11) is 0. The molecule has 0 radical (unpaired) electrons. The van der Waals surface area contributed by atoms with Crippen molar-refractivity contribution in [2.75, 3.05) is 0 Å². The van der Waals surface area contributed by atoms with Crippen LogP contribution in [0, 0.1) is 0 Å². The number of benzene rings is 2. The van der Waals surface area contributed by atoms with Gasteiger partial charge in [0.05, 0.1) is 5.56 Å². The van der Waals surface area contributed by atoms with Gasteiger partial charge < -0.3 is 19.7 Å². The summed E-state index contributed by atoms with van der Waals surface area (Å²) < 4.78 is 5.29. The van der Waals surface area contributed by atoms with Gasteiger partial charge >= 0.3 is 29.6 Å². The average molecular weight is 294 g/mol. The van der Waals surface area contributed by atoms with Crippen molar-refractivity contribution in [2.24, 2.45) is 0 Å². The SMILES string of the molecule is O=c1c(-c2ccc(O)cc2)coc2cc(O)cc(O)c12.[NaH]. The summed E-state index contributed by atoms with van der Waals surface area (Å²) in [4.78, 5) is 12.4. The summed E-state index contributed by atoms with van der Waals surface area (Å²) in [6, 6.07) is 8.40. The van der Waals surface area contributed by atoms with Crippen LogP contribution in [0.15, 0.2) is 51.9 Å². The summed E-state index contributed by atoms with van der Waals surface area (Å²) in [6.07, 6.45) is 1.26. The Morgan fingerprint density at radius 3 is 2.24 bits per heavy atom. The van der Waals surface area contributed by atoms with Gasteiger partial charge in [-0.3, -0.25) is 4.79 Å². The molecule has 6 heteroatoms. The fraction of sp³-hybridized carbons (Fsp3) is 0. The molecule has 0 aliphatic heterocycles. The van der Waals surface area contributed by atoms with Crippen LogP contribution in [0.25, 0.3) is 22.1 Å². The predicted molar refractivity (Wildman–Crippen MR) is 80.1 cm³/mol. The molecule has 0 saturated heterocycles. The van der Waals surface area contributed by atoms with Crippen LogP contribution in [0.5, 0.6) is 17.2 Å². The molecule has 0 bridgehead atoms. The van der Waals surface area contributed by atoms with Crippen molar-refractivity contribution in [2.45, 2.75) is 0 Å². The Kier molecular flexibility index (Phi) is 4.27. The molecule has 0 saturated carbocycles. The number of phenolic OH excluding ortho intramolecular Hbond substituents is 3. The molecule has 1 aromatic heterocycles. The van der Waals surface area contributed by atoms with E-state index in [0.717, 1.165) is 6.07 Å². The average Bonchev–Trinajstić information content (AvgIpc) is 2.39. The van der Waals surface area contributed by atoms with Crippen LogP contribution >= 0.6 is 0 Å². The molecule has 3 rings (SSSR count). The van der Waals surface area contributed by atoms with Crippen molar-refractivity contribution < 1.29 is 19.7 Å². The number of rotatable bonds is 1. The van der Waals surface area contributed by atoms with E-state index >= 15 is 0 Å². The Morgan fingerprint density at radius 1 is 0.905 bits per heavy atom. The summed E-state index contributed by atoms with van der Waals surface area (Å²) >= 11 is 0. The molecular formula is C15H11NaO5. The van der Waals surface area contributed by atoms with Gasteiger partial charge in [-0.25, -0.2) is 0 Å². The molecule has 0 amide bonds. The third kappa shape index (κ3) is 2.76. The zero-order valence-corrected chi connectivity index (χ0v) is 10.2. The Labute approximate surface area is 141 Å². The van der Waals surface area contributed by atoms with E-state index < -0.39 is 5.43 Å². The van der Waals surface area contributed by atoms with Gasteiger partial charge in [-0.15, -0.1) is 0 Å². The van der Waals surface area contributed by atoms with Gasteiger partial charge in [0.2, 0.25) is 5.43 Å². The number of phenols is 3. The molecular weight excluding hydrogens is 283 g/mol. The number of aromatic hydroxyl groups is 3. The summed E-state index contributed by atoms with van der Waals surface area (Å²) in [6.45, 7) is 0. The maximum absolute atomic E-state index is 12.4. The van der Waals surface area contributed by atoms with Gasteiger partial charge in [0, 0.05) is 12.1 Å². The molecule has 1 heterocycles. The molecule has 0 fully saturated rings. The second-order valence-electron chi connectivity index (χ2n) is 4.36. The van der Waals surface area contributed by atoms with Gasteiger partial charge in [-0.05, 0) is 17.7 Å². The molecule has 3 aromatic rings. The quantitative estimate of drug-likeness (QED) is 0.597. The van der Waals surface area contributed by atoms with Crippen LogP contribution in [0.4, 0.5) is 0 Å². The fourth-order valence-electron chi connectivity index (χ4n) is 2.06. The third-order valence-electron chi connectivity index (χ3n) is 3.02. The van der Waals surface area contributed by atoms with Crippen molar-refractivity contribution in [1.29, 1.82) is 0 Å². The van der Waals surface area contributed by atoms with E-state index in [2.05, 4.69) is 0 Å². The van der Waals surface area contributed by atoms with E-state index in [4.69, 9.17) is 4.42 Å². The second-order valence-corrected chi connectivity index (χ2v) is 4.36. The minimum atomic E-state index is -0.408. The topological polar surface area (TPSA) is 90.9 Å². The monoisotopic (exact) mass is 294 g/mol. The first-order chi connectivity index (χ1) is 9.56. The first kappa shape index (κ1) is 15.4. The zero-order valence-electron chi connectivity index (χ0n) is 10.2. The van der Waals surface area contributed by atoms with E-state index in [1.807, 2.05) is 0 Å². The van der Waals surface area contributed by atoms with Crippen LogP contribution in [-0.2, 0) is 0 Å². The van der Waals surface area contributed by atoms with Crippen molar-refractivity contribution in [3.63, 3.8) is 0 Å². The molecule has 3 N–H and O–H groups in total. The first-order valence-corrected chi connectivity index (χ1v) is 5.83. The van der Waals surface area contributed by atoms with E-state index in [9.17, 15) is 20.1 Å². The van der Waals surface area contributed by atoms with Crippen molar-refractivity contribution >= 4 is 40.5 Å². The van der Waals surface area contributed by atoms with Crippen molar-refractivity contribution in [3.8, 4) is 28.4 Å². The third-order valence-corrected chi connectivity index (χ3v) is 3.02. The number of fused-ring (bicyclic) bond motifs is 1. The number of hydrogen-bond donors (Lipinski definition) is 3. The minimum absolute atomic E-state index is 0. The Hall–Kier alpha value is -1.95.